The van der Waals surface area contributed by atoms with E-state index in [2.05, 4.69) is 25.3 Å². The fourth-order valence-corrected chi connectivity index (χ4v) is 6.43. The van der Waals surface area contributed by atoms with Crippen LogP contribution in [0.15, 0.2) is 47.3 Å². The number of nitrogen functional groups attached to an aromatic ring is 1. The molecule has 7 heterocycles. The van der Waals surface area contributed by atoms with Crippen molar-refractivity contribution in [2.75, 3.05) is 5.73 Å². The molecule has 2 N–H and O–H groups in total. The number of carbonyl (C=O) groups is 2. The first-order chi connectivity index (χ1) is 19.4. The molecule has 1 amide bonds. The molecule has 0 aromatic carbocycles. The predicted octanol–water partition coefficient (Wildman–Crippen LogP) is 3.14. The second-order valence-corrected chi connectivity index (χ2v) is 10.7. The summed E-state index contributed by atoms with van der Waals surface area (Å²) < 4.78 is 3.40. The Bertz CT molecular complexity index is 1720. The minimum Gasteiger partial charge on any atom is -0.383 e. The number of aryl methyl sites for hydroxylation is 1. The smallest absolute Gasteiger partial charge is 0.271 e. The number of imidazole rings is 1. The average Bonchev–Trinajstić information content (AvgIpc) is 3.75. The van der Waals surface area contributed by atoms with E-state index in [0.717, 1.165) is 35.5 Å². The second-order valence-electron chi connectivity index (χ2n) is 10.7. The number of anilines is 1. The van der Waals surface area contributed by atoms with Crippen LogP contribution in [-0.2, 0) is 4.79 Å². The maximum Gasteiger partial charge on any atom is 0.271 e. The number of carbonyl (C=O) groups excluding carboxylic acids is 2. The molecule has 3 atom stereocenters. The fourth-order valence-electron chi connectivity index (χ4n) is 6.43. The van der Waals surface area contributed by atoms with E-state index >= 15 is 0 Å². The van der Waals surface area contributed by atoms with Gasteiger partial charge in [-0.05, 0) is 51.7 Å². The van der Waals surface area contributed by atoms with E-state index in [-0.39, 0.29) is 35.5 Å². The summed E-state index contributed by atoms with van der Waals surface area (Å²) >= 11 is 0. The minimum absolute atomic E-state index is 0.0118. The Labute approximate surface area is 229 Å². The zero-order valence-corrected chi connectivity index (χ0v) is 22.2. The molecule has 0 aliphatic carbocycles. The summed E-state index contributed by atoms with van der Waals surface area (Å²) in [7, 11) is 0. The second kappa shape index (κ2) is 9.18. The van der Waals surface area contributed by atoms with E-state index in [4.69, 9.17) is 10.7 Å². The van der Waals surface area contributed by atoms with Gasteiger partial charge in [-0.15, -0.1) is 5.10 Å². The third-order valence-corrected chi connectivity index (χ3v) is 8.24. The van der Waals surface area contributed by atoms with Crippen molar-refractivity contribution in [3.05, 3.63) is 54.0 Å². The van der Waals surface area contributed by atoms with Gasteiger partial charge in [0.1, 0.15) is 23.7 Å². The topological polar surface area (TPSA) is 149 Å². The quantitative estimate of drug-likeness (QED) is 0.385. The number of fused-ring (bicyclic) bond motifs is 3. The first-order valence-corrected chi connectivity index (χ1v) is 13.5. The third kappa shape index (κ3) is 3.81. The molecule has 12 nitrogen and oxygen atoms in total. The summed E-state index contributed by atoms with van der Waals surface area (Å²) in [6.07, 6.45) is 12.5. The number of rotatable bonds is 5. The number of amides is 1. The number of hydrogen-bond donors (Lipinski definition) is 1. The van der Waals surface area contributed by atoms with Gasteiger partial charge in [-0.25, -0.2) is 15.0 Å². The summed E-state index contributed by atoms with van der Waals surface area (Å²) in [5.74, 6) is 0.837. The van der Waals surface area contributed by atoms with Gasteiger partial charge in [0.2, 0.25) is 0 Å². The summed E-state index contributed by atoms with van der Waals surface area (Å²) in [4.78, 5) is 42.0. The molecular formula is C28H28N10O2. The molecule has 1 unspecified atom stereocenters. The van der Waals surface area contributed by atoms with Crippen LogP contribution in [0.25, 0.3) is 22.6 Å². The molecule has 4 aromatic heterocycles. The van der Waals surface area contributed by atoms with Crippen molar-refractivity contribution in [1.29, 1.82) is 0 Å². The van der Waals surface area contributed by atoms with Gasteiger partial charge in [0.15, 0.2) is 11.4 Å². The predicted molar refractivity (Wildman–Crippen MR) is 149 cm³/mol. The van der Waals surface area contributed by atoms with Crippen LogP contribution in [0.1, 0.15) is 66.7 Å². The number of ketones is 1. The van der Waals surface area contributed by atoms with Crippen LogP contribution in [-0.4, -0.2) is 69.7 Å². The summed E-state index contributed by atoms with van der Waals surface area (Å²) in [6.45, 7) is 3.44. The van der Waals surface area contributed by atoms with Crippen molar-refractivity contribution in [3.63, 3.8) is 0 Å². The fraction of sp³-hybridized carbons (Fsp3) is 0.357. The van der Waals surface area contributed by atoms with Crippen molar-refractivity contribution in [2.45, 2.75) is 64.0 Å². The van der Waals surface area contributed by atoms with Crippen LogP contribution in [0.3, 0.4) is 0 Å². The van der Waals surface area contributed by atoms with Gasteiger partial charge in [0, 0.05) is 54.2 Å². The standard InChI is InChI=1S/C28H28N10O2/c1-15-13-36(14-31-15)23-6-3-17(11-30-23)21-12-33-38-26(29)24(16(2)39)25(34-27(21)38)18-9-19-4-5-20(10-18)37(19)28(40)22-7-8-32-35-22/h3,6,8,11-14,18-20H,4-5,7,9-10,29H2,1-2H3/t18?,19-,20+. The van der Waals surface area contributed by atoms with Gasteiger partial charge in [-0.1, -0.05) is 0 Å². The van der Waals surface area contributed by atoms with Crippen molar-refractivity contribution in [2.24, 2.45) is 10.2 Å². The first kappa shape index (κ1) is 24.3. The highest BCUT2D eigenvalue weighted by molar-refractivity contribution is 6.42. The van der Waals surface area contributed by atoms with Crippen LogP contribution >= 0.6 is 0 Å². The Morgan fingerprint density at radius 1 is 1.07 bits per heavy atom. The van der Waals surface area contributed by atoms with E-state index in [1.807, 2.05) is 34.7 Å². The van der Waals surface area contributed by atoms with E-state index in [1.54, 1.807) is 24.9 Å². The van der Waals surface area contributed by atoms with E-state index in [0.29, 0.717) is 41.9 Å². The Morgan fingerprint density at radius 3 is 2.50 bits per heavy atom. The summed E-state index contributed by atoms with van der Waals surface area (Å²) in [5.41, 5.74) is 11.3. The molecule has 0 radical (unpaired) electrons. The van der Waals surface area contributed by atoms with Crippen molar-refractivity contribution >= 4 is 35.1 Å². The van der Waals surface area contributed by atoms with Gasteiger partial charge in [0.05, 0.1) is 23.1 Å². The molecule has 0 saturated carbocycles. The van der Waals surface area contributed by atoms with Crippen LogP contribution < -0.4 is 5.73 Å². The van der Waals surface area contributed by atoms with Crippen LogP contribution in [0.4, 0.5) is 5.82 Å². The number of nitrogens with two attached hydrogens (primary N) is 1. The van der Waals surface area contributed by atoms with E-state index < -0.39 is 0 Å². The molecule has 2 bridgehead atoms. The van der Waals surface area contributed by atoms with Gasteiger partial charge in [-0.2, -0.15) is 14.7 Å². The molecule has 2 fully saturated rings. The Kier molecular flexibility index (Phi) is 5.58. The Morgan fingerprint density at radius 2 is 1.88 bits per heavy atom. The van der Waals surface area contributed by atoms with Crippen molar-refractivity contribution in [3.8, 4) is 16.9 Å². The lowest BCUT2D eigenvalue weighted by Gasteiger charge is -2.39. The molecule has 2 saturated heterocycles. The molecule has 202 valence electrons. The van der Waals surface area contributed by atoms with Crippen molar-refractivity contribution in [1.82, 2.24) is 34.0 Å². The zero-order valence-electron chi connectivity index (χ0n) is 22.2. The molecule has 40 heavy (non-hydrogen) atoms. The van der Waals surface area contributed by atoms with Gasteiger partial charge in [0.25, 0.3) is 5.91 Å². The molecular weight excluding hydrogens is 508 g/mol. The van der Waals surface area contributed by atoms with Gasteiger partial charge < -0.3 is 10.6 Å². The lowest BCUT2D eigenvalue weighted by molar-refractivity contribution is -0.128. The normalized spacial score (nSPS) is 21.8. The molecule has 4 aromatic rings. The number of piperidine rings is 1. The lowest BCUT2D eigenvalue weighted by Crippen LogP contribution is -2.48. The SMILES string of the molecule is CC(=O)c1c(C2C[C@H]3CC[C@@H](C2)N3C(=O)C2=NN=CC2)nc2c(-c3ccc(-n4cnc(C)c4)nc3)cnn2c1N. The van der Waals surface area contributed by atoms with E-state index in [1.165, 1.54) is 11.4 Å². The lowest BCUT2D eigenvalue weighted by atomic mass is 9.85. The molecule has 7 rings (SSSR count). The largest absolute Gasteiger partial charge is 0.383 e. The summed E-state index contributed by atoms with van der Waals surface area (Å²) in [5, 5.41) is 12.4. The molecule has 12 heteroatoms. The monoisotopic (exact) mass is 536 g/mol. The van der Waals surface area contributed by atoms with Gasteiger partial charge >= 0.3 is 0 Å². The molecule has 0 spiro atoms. The van der Waals surface area contributed by atoms with Crippen molar-refractivity contribution < 1.29 is 9.59 Å². The highest BCUT2D eigenvalue weighted by atomic mass is 16.2. The number of nitrogens with zero attached hydrogens (tertiary/aromatic N) is 9. The van der Waals surface area contributed by atoms with Crippen LogP contribution in [0.2, 0.25) is 0 Å². The Balaban J connectivity index is 1.25. The van der Waals surface area contributed by atoms with E-state index in [9.17, 15) is 9.59 Å². The zero-order chi connectivity index (χ0) is 27.5. The number of aromatic nitrogens is 6. The molecule has 3 aliphatic heterocycles. The minimum atomic E-state index is -0.149. The molecule has 3 aliphatic rings. The highest BCUT2D eigenvalue weighted by Gasteiger charge is 2.46. The summed E-state index contributed by atoms with van der Waals surface area (Å²) in [6, 6.07) is 4.00. The van der Waals surface area contributed by atoms with Gasteiger partial charge in [-0.3, -0.25) is 14.2 Å². The number of pyridine rings is 1. The van der Waals surface area contributed by atoms with Crippen LogP contribution in [0, 0.1) is 6.92 Å². The maximum atomic E-state index is 13.2. The maximum absolute atomic E-state index is 13.2. The van der Waals surface area contributed by atoms with Crippen LogP contribution in [0.5, 0.6) is 0 Å². The number of Topliss-reactive ketones (excluding diaryl/α,β-unsaturated/α-hetero) is 1. The average molecular weight is 537 g/mol. The first-order valence-electron chi connectivity index (χ1n) is 13.5. The third-order valence-electron chi connectivity index (χ3n) is 8.24. The Hall–Kier alpha value is -4.74. The highest BCUT2D eigenvalue weighted by Crippen LogP contribution is 2.44. The number of hydrogen-bond acceptors (Lipinski definition) is 9.